The van der Waals surface area contributed by atoms with Gasteiger partial charge in [0.1, 0.15) is 5.76 Å². The molecule has 0 saturated carbocycles. The van der Waals surface area contributed by atoms with E-state index in [0.717, 1.165) is 24.2 Å². The lowest BCUT2D eigenvalue weighted by Crippen LogP contribution is -2.28. The first-order valence-corrected chi connectivity index (χ1v) is 4.85. The minimum Gasteiger partial charge on any atom is -0.469 e. The Balaban J connectivity index is 2.72. The van der Waals surface area contributed by atoms with Gasteiger partial charge in [0.2, 0.25) is 0 Å². The van der Waals surface area contributed by atoms with E-state index in [2.05, 4.69) is 18.9 Å². The van der Waals surface area contributed by atoms with Crippen LogP contribution in [0.15, 0.2) is 28.9 Å². The van der Waals surface area contributed by atoms with E-state index in [4.69, 9.17) is 10.3 Å². The van der Waals surface area contributed by atoms with E-state index in [1.807, 2.05) is 13.0 Å². The van der Waals surface area contributed by atoms with Crippen LogP contribution in [0.3, 0.4) is 0 Å². The van der Waals surface area contributed by atoms with Crippen LogP contribution in [0.1, 0.15) is 37.1 Å². The molecule has 78 valence electrons. The van der Waals surface area contributed by atoms with Crippen molar-refractivity contribution in [3.63, 3.8) is 0 Å². The van der Waals surface area contributed by atoms with Crippen molar-refractivity contribution >= 4 is 0 Å². The van der Waals surface area contributed by atoms with Crippen LogP contribution in [-0.2, 0) is 0 Å². The van der Waals surface area contributed by atoms with Crippen LogP contribution in [0, 0.1) is 6.92 Å². The number of rotatable bonds is 5. The summed E-state index contributed by atoms with van der Waals surface area (Å²) in [7, 11) is 0. The highest BCUT2D eigenvalue weighted by atomic mass is 16.3. The zero-order valence-corrected chi connectivity index (χ0v) is 8.84. The molecule has 0 spiro atoms. The van der Waals surface area contributed by atoms with Crippen molar-refractivity contribution in [3.05, 3.63) is 35.8 Å². The smallest absolute Gasteiger partial charge is 0.105 e. The summed E-state index contributed by atoms with van der Waals surface area (Å²) in [6, 6.07) is 2.06. The Morgan fingerprint density at radius 3 is 2.86 bits per heavy atom. The molecular formula is C11H18N2O. The number of furan rings is 1. The van der Waals surface area contributed by atoms with Crippen molar-refractivity contribution in [1.82, 2.24) is 5.43 Å². The highest BCUT2D eigenvalue weighted by Gasteiger charge is 2.14. The topological polar surface area (TPSA) is 51.2 Å². The van der Waals surface area contributed by atoms with Gasteiger partial charge in [0.25, 0.3) is 0 Å². The summed E-state index contributed by atoms with van der Waals surface area (Å²) in [5.74, 6) is 6.42. The lowest BCUT2D eigenvalue weighted by atomic mass is 10.00. The molecule has 0 saturated heterocycles. The molecule has 0 aliphatic rings. The van der Waals surface area contributed by atoms with Gasteiger partial charge >= 0.3 is 0 Å². The third-order valence-corrected chi connectivity index (χ3v) is 2.47. The first-order valence-electron chi connectivity index (χ1n) is 4.85. The van der Waals surface area contributed by atoms with Gasteiger partial charge in [-0.15, -0.1) is 0 Å². The number of nitrogens with two attached hydrogens (primary N) is 1. The third kappa shape index (κ3) is 2.47. The number of aryl methyl sites for hydroxylation is 1. The molecule has 1 unspecified atom stereocenters. The van der Waals surface area contributed by atoms with E-state index in [0.29, 0.717) is 0 Å². The molecule has 0 amide bonds. The summed E-state index contributed by atoms with van der Waals surface area (Å²) in [6.07, 6.45) is 3.52. The maximum absolute atomic E-state index is 5.50. The van der Waals surface area contributed by atoms with Crippen LogP contribution >= 0.6 is 0 Å². The van der Waals surface area contributed by atoms with Crippen LogP contribution in [0.5, 0.6) is 0 Å². The fraction of sp³-hybridized carbons (Fsp3) is 0.455. The van der Waals surface area contributed by atoms with E-state index < -0.39 is 0 Å². The zero-order valence-electron chi connectivity index (χ0n) is 8.84. The number of hydrogen-bond donors (Lipinski definition) is 2. The van der Waals surface area contributed by atoms with Gasteiger partial charge in [0, 0.05) is 5.56 Å². The third-order valence-electron chi connectivity index (χ3n) is 2.47. The zero-order chi connectivity index (χ0) is 10.6. The normalized spacial score (nSPS) is 12.8. The van der Waals surface area contributed by atoms with Crippen molar-refractivity contribution in [2.24, 2.45) is 5.84 Å². The largest absolute Gasteiger partial charge is 0.469 e. The second-order valence-electron chi connectivity index (χ2n) is 3.46. The monoisotopic (exact) mass is 194 g/mol. The molecule has 3 N–H and O–H groups in total. The van der Waals surface area contributed by atoms with E-state index in [-0.39, 0.29) is 6.04 Å². The fourth-order valence-electron chi connectivity index (χ4n) is 1.45. The number of hydrogen-bond acceptors (Lipinski definition) is 3. The van der Waals surface area contributed by atoms with Crippen LogP contribution in [0.4, 0.5) is 0 Å². The first kappa shape index (κ1) is 11.0. The quantitative estimate of drug-likeness (QED) is 0.430. The summed E-state index contributed by atoms with van der Waals surface area (Å²) in [4.78, 5) is 0. The number of nitrogens with one attached hydrogen (secondary N) is 1. The summed E-state index contributed by atoms with van der Waals surface area (Å²) in [5.41, 5.74) is 5.09. The van der Waals surface area contributed by atoms with Crippen molar-refractivity contribution in [1.29, 1.82) is 0 Å². The molecule has 1 rings (SSSR count). The average molecular weight is 194 g/mol. The Hall–Kier alpha value is -1.06. The molecule has 1 heterocycles. The molecule has 0 aliphatic carbocycles. The Labute approximate surface area is 85.0 Å². The molecule has 0 radical (unpaired) electrons. The molecule has 3 nitrogen and oxygen atoms in total. The second kappa shape index (κ2) is 4.98. The predicted octanol–water partition coefficient (Wildman–Crippen LogP) is 2.45. The molecule has 3 heteroatoms. The highest BCUT2D eigenvalue weighted by molar-refractivity contribution is 5.21. The van der Waals surface area contributed by atoms with E-state index in [9.17, 15) is 0 Å². The molecule has 1 atom stereocenters. The summed E-state index contributed by atoms with van der Waals surface area (Å²) < 4.78 is 5.24. The van der Waals surface area contributed by atoms with Gasteiger partial charge in [0.05, 0.1) is 12.3 Å². The fourth-order valence-corrected chi connectivity index (χ4v) is 1.45. The highest BCUT2D eigenvalue weighted by Crippen LogP contribution is 2.24. The van der Waals surface area contributed by atoms with Crippen LogP contribution in [0.25, 0.3) is 0 Å². The van der Waals surface area contributed by atoms with Crippen LogP contribution in [-0.4, -0.2) is 0 Å². The first-order chi connectivity index (χ1) is 6.69. The molecule has 0 bridgehead atoms. The van der Waals surface area contributed by atoms with Crippen molar-refractivity contribution in [2.75, 3.05) is 0 Å². The van der Waals surface area contributed by atoms with Gasteiger partial charge in [-0.25, -0.2) is 0 Å². The SMILES string of the molecule is C=C(CC)CC(NN)c1ccoc1C. The maximum atomic E-state index is 5.50. The lowest BCUT2D eigenvalue weighted by Gasteiger charge is -2.15. The number of hydrazine groups is 1. The lowest BCUT2D eigenvalue weighted by molar-refractivity contribution is 0.499. The predicted molar refractivity (Wildman–Crippen MR) is 57.6 cm³/mol. The summed E-state index contributed by atoms with van der Waals surface area (Å²) in [5, 5.41) is 0. The minimum absolute atomic E-state index is 0.112. The van der Waals surface area contributed by atoms with Crippen molar-refractivity contribution < 1.29 is 4.42 Å². The second-order valence-corrected chi connectivity index (χ2v) is 3.46. The molecule has 14 heavy (non-hydrogen) atoms. The molecular weight excluding hydrogens is 176 g/mol. The van der Waals surface area contributed by atoms with Crippen LogP contribution in [0.2, 0.25) is 0 Å². The molecule has 0 aromatic carbocycles. The van der Waals surface area contributed by atoms with Gasteiger partial charge in [-0.2, -0.15) is 0 Å². The van der Waals surface area contributed by atoms with Gasteiger partial charge in [-0.1, -0.05) is 19.1 Å². The molecule has 1 aromatic rings. The van der Waals surface area contributed by atoms with E-state index in [1.54, 1.807) is 6.26 Å². The Morgan fingerprint density at radius 1 is 1.71 bits per heavy atom. The standard InChI is InChI=1S/C11H18N2O/c1-4-8(2)7-11(13-12)10-5-6-14-9(10)3/h5-6,11,13H,2,4,7,12H2,1,3H3. The van der Waals surface area contributed by atoms with E-state index in [1.165, 1.54) is 5.57 Å². The molecule has 0 fully saturated rings. The molecule has 0 aliphatic heterocycles. The van der Waals surface area contributed by atoms with Gasteiger partial charge in [0.15, 0.2) is 0 Å². The summed E-state index contributed by atoms with van der Waals surface area (Å²) in [6.45, 7) is 8.01. The van der Waals surface area contributed by atoms with Crippen molar-refractivity contribution in [3.8, 4) is 0 Å². The Morgan fingerprint density at radius 2 is 2.43 bits per heavy atom. The Kier molecular flexibility index (Phi) is 3.92. The van der Waals surface area contributed by atoms with Gasteiger partial charge in [-0.05, 0) is 25.8 Å². The van der Waals surface area contributed by atoms with Crippen LogP contribution < -0.4 is 11.3 Å². The van der Waals surface area contributed by atoms with Gasteiger partial charge in [-0.3, -0.25) is 11.3 Å². The van der Waals surface area contributed by atoms with E-state index >= 15 is 0 Å². The molecule has 1 aromatic heterocycles. The van der Waals surface area contributed by atoms with Crippen molar-refractivity contribution in [2.45, 2.75) is 32.7 Å². The minimum atomic E-state index is 0.112. The average Bonchev–Trinajstić information content (AvgIpc) is 2.60. The summed E-state index contributed by atoms with van der Waals surface area (Å²) >= 11 is 0. The Bertz CT molecular complexity index is 304. The van der Waals surface area contributed by atoms with Gasteiger partial charge < -0.3 is 4.42 Å². The maximum Gasteiger partial charge on any atom is 0.105 e.